The van der Waals surface area contributed by atoms with E-state index in [0.29, 0.717) is 19.1 Å². The van der Waals surface area contributed by atoms with Crippen LogP contribution < -0.4 is 5.32 Å². The van der Waals surface area contributed by atoms with Gasteiger partial charge in [-0.3, -0.25) is 0 Å². The molecule has 0 aliphatic rings. The zero-order valence-corrected chi connectivity index (χ0v) is 10.2. The molecule has 0 saturated heterocycles. The molecule has 0 aliphatic heterocycles. The number of nitrogens with one attached hydrogen (secondary N) is 1. The average molecular weight is 231 g/mol. The predicted octanol–water partition coefficient (Wildman–Crippen LogP) is 1.22. The molecule has 0 spiro atoms. The number of nitrogens with zero attached hydrogens (tertiary/aromatic N) is 4. The van der Waals surface area contributed by atoms with Crippen molar-refractivity contribution in [2.75, 3.05) is 0 Å². The highest BCUT2D eigenvalue weighted by molar-refractivity contribution is 5.14. The molecule has 90 valence electrons. The lowest BCUT2D eigenvalue weighted by Crippen LogP contribution is -2.24. The van der Waals surface area contributed by atoms with Crippen LogP contribution in [0.15, 0.2) is 30.3 Å². The highest BCUT2D eigenvalue weighted by Gasteiger charge is 2.06. The van der Waals surface area contributed by atoms with E-state index in [1.165, 1.54) is 5.56 Å². The molecule has 1 aromatic carbocycles. The maximum atomic E-state index is 4.02. The minimum Gasteiger partial charge on any atom is -0.308 e. The zero-order valence-electron chi connectivity index (χ0n) is 10.2. The predicted molar refractivity (Wildman–Crippen MR) is 65.3 cm³/mol. The van der Waals surface area contributed by atoms with Crippen molar-refractivity contribution in [1.29, 1.82) is 0 Å². The van der Waals surface area contributed by atoms with E-state index in [1.54, 1.807) is 0 Å². The summed E-state index contributed by atoms with van der Waals surface area (Å²) in [4.78, 5) is 0. The van der Waals surface area contributed by atoms with Gasteiger partial charge >= 0.3 is 0 Å². The van der Waals surface area contributed by atoms with Gasteiger partial charge in [0.05, 0.1) is 13.1 Å². The number of rotatable bonds is 5. The number of aromatic nitrogens is 4. The lowest BCUT2D eigenvalue weighted by molar-refractivity contribution is 0.537. The van der Waals surface area contributed by atoms with Gasteiger partial charge in [0.15, 0.2) is 5.82 Å². The smallest absolute Gasteiger partial charge is 0.165 e. The Morgan fingerprint density at radius 1 is 1.24 bits per heavy atom. The van der Waals surface area contributed by atoms with Crippen molar-refractivity contribution in [2.45, 2.75) is 33.0 Å². The largest absolute Gasteiger partial charge is 0.308 e. The van der Waals surface area contributed by atoms with E-state index < -0.39 is 0 Å². The minimum absolute atomic E-state index is 0.428. The first-order valence-corrected chi connectivity index (χ1v) is 5.78. The highest BCUT2D eigenvalue weighted by Crippen LogP contribution is 2.02. The Hall–Kier alpha value is -1.75. The zero-order chi connectivity index (χ0) is 12.1. The van der Waals surface area contributed by atoms with Gasteiger partial charge in [0.25, 0.3) is 0 Å². The van der Waals surface area contributed by atoms with Crippen molar-refractivity contribution in [3.8, 4) is 0 Å². The molecule has 0 aliphatic carbocycles. The van der Waals surface area contributed by atoms with Gasteiger partial charge in [-0.25, -0.2) is 4.68 Å². The summed E-state index contributed by atoms with van der Waals surface area (Å²) >= 11 is 0. The molecule has 5 heteroatoms. The fourth-order valence-electron chi connectivity index (χ4n) is 1.52. The van der Waals surface area contributed by atoms with Gasteiger partial charge in [-0.1, -0.05) is 44.2 Å². The summed E-state index contributed by atoms with van der Waals surface area (Å²) in [5, 5.41) is 15.1. The normalized spacial score (nSPS) is 11.0. The molecule has 0 amide bonds. The van der Waals surface area contributed by atoms with E-state index >= 15 is 0 Å². The summed E-state index contributed by atoms with van der Waals surface area (Å²) in [5.41, 5.74) is 1.20. The maximum absolute atomic E-state index is 4.02. The van der Waals surface area contributed by atoms with Crippen LogP contribution in [-0.4, -0.2) is 26.2 Å². The molecule has 1 aromatic heterocycles. The molecular weight excluding hydrogens is 214 g/mol. The summed E-state index contributed by atoms with van der Waals surface area (Å²) in [5.74, 6) is 0.863. The third-order valence-corrected chi connectivity index (χ3v) is 2.45. The van der Waals surface area contributed by atoms with Crippen molar-refractivity contribution in [1.82, 2.24) is 25.5 Å². The monoisotopic (exact) mass is 231 g/mol. The molecule has 0 saturated carbocycles. The third-order valence-electron chi connectivity index (χ3n) is 2.45. The number of benzene rings is 1. The summed E-state index contributed by atoms with van der Waals surface area (Å²) in [7, 11) is 0. The summed E-state index contributed by atoms with van der Waals surface area (Å²) in [6.07, 6.45) is 0. The van der Waals surface area contributed by atoms with Crippen LogP contribution in [0.5, 0.6) is 0 Å². The Balaban J connectivity index is 2.04. The molecule has 2 rings (SSSR count). The average Bonchev–Trinajstić information content (AvgIpc) is 2.75. The van der Waals surface area contributed by atoms with Crippen LogP contribution in [-0.2, 0) is 13.1 Å². The second-order valence-corrected chi connectivity index (χ2v) is 4.27. The van der Waals surface area contributed by atoms with Gasteiger partial charge in [0.2, 0.25) is 0 Å². The van der Waals surface area contributed by atoms with Gasteiger partial charge in [-0.15, -0.1) is 5.10 Å². The second kappa shape index (κ2) is 5.54. The first-order chi connectivity index (χ1) is 8.25. The fourth-order valence-corrected chi connectivity index (χ4v) is 1.52. The SMILES string of the molecule is CC(C)NCc1nnnn1Cc1ccccc1. The summed E-state index contributed by atoms with van der Waals surface area (Å²) in [6.45, 7) is 5.61. The topological polar surface area (TPSA) is 55.6 Å². The van der Waals surface area contributed by atoms with Crippen molar-refractivity contribution in [2.24, 2.45) is 0 Å². The van der Waals surface area contributed by atoms with Crippen LogP contribution in [0.2, 0.25) is 0 Å². The standard InChI is InChI=1S/C12H17N5/c1-10(2)13-8-12-14-15-16-17(12)9-11-6-4-3-5-7-11/h3-7,10,13H,8-9H2,1-2H3. The van der Waals surface area contributed by atoms with Crippen LogP contribution in [0.3, 0.4) is 0 Å². The second-order valence-electron chi connectivity index (χ2n) is 4.27. The van der Waals surface area contributed by atoms with Gasteiger partial charge < -0.3 is 5.32 Å². The Morgan fingerprint density at radius 3 is 2.71 bits per heavy atom. The molecule has 1 N–H and O–H groups in total. The van der Waals surface area contributed by atoms with E-state index in [2.05, 4.69) is 46.8 Å². The van der Waals surface area contributed by atoms with E-state index in [4.69, 9.17) is 0 Å². The van der Waals surface area contributed by atoms with Crippen LogP contribution >= 0.6 is 0 Å². The minimum atomic E-state index is 0.428. The molecule has 0 atom stereocenters. The van der Waals surface area contributed by atoms with E-state index in [1.807, 2.05) is 22.9 Å². The van der Waals surface area contributed by atoms with Crippen LogP contribution in [0.25, 0.3) is 0 Å². The molecule has 0 fully saturated rings. The van der Waals surface area contributed by atoms with E-state index in [-0.39, 0.29) is 0 Å². The molecule has 0 unspecified atom stereocenters. The number of hydrogen-bond donors (Lipinski definition) is 1. The van der Waals surface area contributed by atoms with Crippen LogP contribution in [0.1, 0.15) is 25.2 Å². The summed E-state index contributed by atoms with van der Waals surface area (Å²) in [6, 6.07) is 10.6. The van der Waals surface area contributed by atoms with Gasteiger partial charge in [0, 0.05) is 6.04 Å². The lowest BCUT2D eigenvalue weighted by Gasteiger charge is -2.08. The summed E-state index contributed by atoms with van der Waals surface area (Å²) < 4.78 is 1.82. The van der Waals surface area contributed by atoms with Gasteiger partial charge in [-0.2, -0.15) is 0 Å². The Labute approximate surface area is 101 Å². The van der Waals surface area contributed by atoms with Gasteiger partial charge in [-0.05, 0) is 16.0 Å². The fraction of sp³-hybridized carbons (Fsp3) is 0.417. The molecule has 0 radical (unpaired) electrons. The van der Waals surface area contributed by atoms with Crippen LogP contribution in [0, 0.1) is 0 Å². The van der Waals surface area contributed by atoms with Crippen molar-refractivity contribution in [3.05, 3.63) is 41.7 Å². The van der Waals surface area contributed by atoms with Crippen LogP contribution in [0.4, 0.5) is 0 Å². The Morgan fingerprint density at radius 2 is 2.00 bits per heavy atom. The molecule has 5 nitrogen and oxygen atoms in total. The number of tetrazole rings is 1. The van der Waals surface area contributed by atoms with E-state index in [0.717, 1.165) is 5.82 Å². The molecule has 17 heavy (non-hydrogen) atoms. The van der Waals surface area contributed by atoms with E-state index in [9.17, 15) is 0 Å². The molecular formula is C12H17N5. The maximum Gasteiger partial charge on any atom is 0.165 e. The molecule has 2 aromatic rings. The Bertz CT molecular complexity index is 449. The first kappa shape index (κ1) is 11.7. The van der Waals surface area contributed by atoms with Gasteiger partial charge in [0.1, 0.15) is 0 Å². The quantitative estimate of drug-likeness (QED) is 0.840. The number of hydrogen-bond acceptors (Lipinski definition) is 4. The highest BCUT2D eigenvalue weighted by atomic mass is 15.5. The molecule has 1 heterocycles. The van der Waals surface area contributed by atoms with Crippen molar-refractivity contribution < 1.29 is 0 Å². The molecule has 0 bridgehead atoms. The Kier molecular flexibility index (Phi) is 3.82. The third kappa shape index (κ3) is 3.35. The van der Waals surface area contributed by atoms with Crippen molar-refractivity contribution in [3.63, 3.8) is 0 Å². The van der Waals surface area contributed by atoms with Crippen molar-refractivity contribution >= 4 is 0 Å². The lowest BCUT2D eigenvalue weighted by atomic mass is 10.2. The first-order valence-electron chi connectivity index (χ1n) is 5.78.